The van der Waals surface area contributed by atoms with Crippen molar-refractivity contribution < 1.29 is 9.90 Å². The molecule has 0 bridgehead atoms. The molecule has 0 saturated heterocycles. The fourth-order valence-corrected chi connectivity index (χ4v) is 3.41. The molecule has 0 aromatic carbocycles. The SMILES string of the molecule is CC(C)(C)N(C(=O)O)[C@H]1CCC[C@H]1c1nsc(=O)[nH]1. The Bertz CT molecular complexity index is 517. The predicted molar refractivity (Wildman–Crippen MR) is 72.7 cm³/mol. The largest absolute Gasteiger partial charge is 0.465 e. The third-order valence-corrected chi connectivity index (χ3v) is 4.10. The standard InChI is InChI=1S/C12H19N3O3S/c1-12(2,3)15(11(17)18)8-6-4-5-7(8)9-13-10(16)19-14-9/h7-8H,4-6H2,1-3H3,(H,17,18)(H,13,14,16)/t7-,8+/m1/s1. The molecule has 19 heavy (non-hydrogen) atoms. The number of aromatic nitrogens is 2. The third-order valence-electron chi connectivity index (χ3n) is 3.55. The molecular weight excluding hydrogens is 266 g/mol. The topological polar surface area (TPSA) is 86.3 Å². The first-order valence-corrected chi connectivity index (χ1v) is 7.16. The number of carbonyl (C=O) groups is 1. The van der Waals surface area contributed by atoms with Gasteiger partial charge in [0.15, 0.2) is 0 Å². The summed E-state index contributed by atoms with van der Waals surface area (Å²) in [6.07, 6.45) is 1.72. The minimum atomic E-state index is -0.915. The summed E-state index contributed by atoms with van der Waals surface area (Å²) < 4.78 is 4.13. The van der Waals surface area contributed by atoms with Crippen LogP contribution in [0.4, 0.5) is 4.79 Å². The fourth-order valence-electron chi connectivity index (χ4n) is 2.90. The number of rotatable bonds is 2. The lowest BCUT2D eigenvalue weighted by molar-refractivity contribution is 0.0658. The molecule has 6 nitrogen and oxygen atoms in total. The van der Waals surface area contributed by atoms with Crippen molar-refractivity contribution >= 4 is 17.6 Å². The monoisotopic (exact) mass is 285 g/mol. The lowest BCUT2D eigenvalue weighted by Crippen LogP contribution is -2.52. The van der Waals surface area contributed by atoms with Crippen LogP contribution >= 0.6 is 11.5 Å². The number of carboxylic acid groups (broad SMARTS) is 1. The Morgan fingerprint density at radius 1 is 1.47 bits per heavy atom. The molecule has 0 unspecified atom stereocenters. The van der Waals surface area contributed by atoms with Crippen molar-refractivity contribution in [1.82, 2.24) is 14.3 Å². The van der Waals surface area contributed by atoms with E-state index in [1.165, 1.54) is 4.90 Å². The molecule has 7 heteroatoms. The molecule has 1 amide bonds. The van der Waals surface area contributed by atoms with Crippen molar-refractivity contribution in [1.29, 1.82) is 0 Å². The molecule has 0 radical (unpaired) electrons. The number of aromatic amines is 1. The molecule has 1 saturated carbocycles. The van der Waals surface area contributed by atoms with Crippen LogP contribution in [-0.4, -0.2) is 37.0 Å². The highest BCUT2D eigenvalue weighted by Crippen LogP contribution is 2.38. The number of amides is 1. The fraction of sp³-hybridized carbons (Fsp3) is 0.750. The van der Waals surface area contributed by atoms with Crippen molar-refractivity contribution in [3.05, 3.63) is 15.5 Å². The molecule has 1 aromatic rings. The first-order chi connectivity index (χ1) is 8.80. The van der Waals surface area contributed by atoms with E-state index in [1.807, 2.05) is 20.8 Å². The van der Waals surface area contributed by atoms with Crippen molar-refractivity contribution in [2.45, 2.75) is 57.5 Å². The highest BCUT2D eigenvalue weighted by molar-refractivity contribution is 7.02. The van der Waals surface area contributed by atoms with Gasteiger partial charge in [0.1, 0.15) is 5.82 Å². The number of hydrogen-bond donors (Lipinski definition) is 2. The van der Waals surface area contributed by atoms with Crippen LogP contribution in [0.2, 0.25) is 0 Å². The Hall–Kier alpha value is -1.37. The van der Waals surface area contributed by atoms with Gasteiger partial charge in [0.05, 0.1) is 0 Å². The summed E-state index contributed by atoms with van der Waals surface area (Å²) in [7, 11) is 0. The van der Waals surface area contributed by atoms with Crippen molar-refractivity contribution in [2.75, 3.05) is 0 Å². The molecule has 1 aliphatic carbocycles. The molecule has 1 aliphatic rings. The minimum Gasteiger partial charge on any atom is -0.465 e. The van der Waals surface area contributed by atoms with Gasteiger partial charge in [0, 0.05) is 29.0 Å². The smallest absolute Gasteiger partial charge is 0.408 e. The summed E-state index contributed by atoms with van der Waals surface area (Å²) in [5.41, 5.74) is -0.463. The molecule has 0 spiro atoms. The van der Waals surface area contributed by atoms with Gasteiger partial charge in [0.2, 0.25) is 0 Å². The van der Waals surface area contributed by atoms with Gasteiger partial charge < -0.3 is 5.11 Å². The van der Waals surface area contributed by atoms with E-state index in [1.54, 1.807) is 0 Å². The highest BCUT2D eigenvalue weighted by atomic mass is 32.1. The Balaban J connectivity index is 2.31. The second kappa shape index (κ2) is 4.96. The summed E-state index contributed by atoms with van der Waals surface area (Å²) in [4.78, 5) is 26.8. The first kappa shape index (κ1) is 14.0. The number of H-pyrrole nitrogens is 1. The van der Waals surface area contributed by atoms with Crippen LogP contribution in [0.1, 0.15) is 51.8 Å². The van der Waals surface area contributed by atoms with Crippen LogP contribution in [0.3, 0.4) is 0 Å². The summed E-state index contributed by atoms with van der Waals surface area (Å²) >= 11 is 0.894. The molecule has 106 valence electrons. The van der Waals surface area contributed by atoms with Gasteiger partial charge in [-0.05, 0) is 33.6 Å². The van der Waals surface area contributed by atoms with E-state index in [-0.39, 0.29) is 16.8 Å². The van der Waals surface area contributed by atoms with E-state index in [0.717, 1.165) is 30.8 Å². The summed E-state index contributed by atoms with van der Waals surface area (Å²) in [5.74, 6) is 0.627. The molecule has 2 N–H and O–H groups in total. The quantitative estimate of drug-likeness (QED) is 0.872. The maximum Gasteiger partial charge on any atom is 0.408 e. The second-order valence-corrected chi connectivity index (χ2v) is 6.64. The van der Waals surface area contributed by atoms with Crippen molar-refractivity contribution in [3.63, 3.8) is 0 Å². The normalized spacial score (nSPS) is 23.5. The molecule has 0 aliphatic heterocycles. The van der Waals surface area contributed by atoms with E-state index in [4.69, 9.17) is 0 Å². The molecule has 1 heterocycles. The molecule has 2 atom stereocenters. The predicted octanol–water partition coefficient (Wildman–Crippen LogP) is 2.25. The van der Waals surface area contributed by atoms with E-state index in [2.05, 4.69) is 9.36 Å². The maximum absolute atomic E-state index is 11.6. The molecule has 1 aromatic heterocycles. The van der Waals surface area contributed by atoms with Gasteiger partial charge >= 0.3 is 11.0 Å². The van der Waals surface area contributed by atoms with Gasteiger partial charge in [-0.15, -0.1) is 0 Å². The van der Waals surface area contributed by atoms with E-state index < -0.39 is 11.6 Å². The van der Waals surface area contributed by atoms with Crippen LogP contribution < -0.4 is 4.87 Å². The summed E-state index contributed by atoms with van der Waals surface area (Å²) in [5, 5.41) is 9.48. The average molecular weight is 285 g/mol. The maximum atomic E-state index is 11.6. The molecular formula is C12H19N3O3S. The Morgan fingerprint density at radius 3 is 2.63 bits per heavy atom. The highest BCUT2D eigenvalue weighted by Gasteiger charge is 2.42. The van der Waals surface area contributed by atoms with Gasteiger partial charge in [-0.2, -0.15) is 4.37 Å². The van der Waals surface area contributed by atoms with E-state index >= 15 is 0 Å². The third kappa shape index (κ3) is 2.80. The number of nitrogens with zero attached hydrogens (tertiary/aromatic N) is 2. The summed E-state index contributed by atoms with van der Waals surface area (Å²) in [6.45, 7) is 5.67. The van der Waals surface area contributed by atoms with Crippen LogP contribution in [0.25, 0.3) is 0 Å². The Morgan fingerprint density at radius 2 is 2.16 bits per heavy atom. The number of hydrogen-bond acceptors (Lipinski definition) is 4. The minimum absolute atomic E-state index is 0.00530. The average Bonchev–Trinajstić information content (AvgIpc) is 2.84. The van der Waals surface area contributed by atoms with Crippen molar-refractivity contribution in [2.24, 2.45) is 0 Å². The Labute approximate surface area is 115 Å². The molecule has 2 rings (SSSR count). The van der Waals surface area contributed by atoms with Crippen LogP contribution in [0, 0.1) is 0 Å². The molecule has 1 fully saturated rings. The number of nitrogens with one attached hydrogen (secondary N) is 1. The lowest BCUT2D eigenvalue weighted by Gasteiger charge is -2.40. The Kier molecular flexibility index (Phi) is 3.66. The van der Waals surface area contributed by atoms with E-state index in [0.29, 0.717) is 5.82 Å². The first-order valence-electron chi connectivity index (χ1n) is 6.39. The van der Waals surface area contributed by atoms with Gasteiger partial charge in [-0.3, -0.25) is 14.7 Å². The van der Waals surface area contributed by atoms with Gasteiger partial charge in [-0.25, -0.2) is 4.79 Å². The summed E-state index contributed by atoms with van der Waals surface area (Å²) in [6, 6.07) is -0.116. The second-order valence-electron chi connectivity index (χ2n) is 5.91. The zero-order chi connectivity index (χ0) is 14.2. The van der Waals surface area contributed by atoms with Crippen LogP contribution in [-0.2, 0) is 0 Å². The van der Waals surface area contributed by atoms with E-state index in [9.17, 15) is 14.7 Å². The van der Waals surface area contributed by atoms with Crippen LogP contribution in [0.15, 0.2) is 4.79 Å². The van der Waals surface area contributed by atoms with Gasteiger partial charge in [-0.1, -0.05) is 6.42 Å². The van der Waals surface area contributed by atoms with Crippen LogP contribution in [0.5, 0.6) is 0 Å². The van der Waals surface area contributed by atoms with Crippen molar-refractivity contribution in [3.8, 4) is 0 Å². The lowest BCUT2D eigenvalue weighted by atomic mass is 9.96. The zero-order valence-corrected chi connectivity index (χ0v) is 12.2. The van der Waals surface area contributed by atoms with Gasteiger partial charge in [0.25, 0.3) is 0 Å². The zero-order valence-electron chi connectivity index (χ0n) is 11.3.